The van der Waals surface area contributed by atoms with Gasteiger partial charge in [-0.25, -0.2) is 4.98 Å². The minimum atomic E-state index is -0.150. The summed E-state index contributed by atoms with van der Waals surface area (Å²) in [6.07, 6.45) is 4.66. The van der Waals surface area contributed by atoms with Crippen LogP contribution in [0.2, 0.25) is 0 Å². The van der Waals surface area contributed by atoms with Crippen LogP contribution in [0.4, 0.5) is 0 Å². The van der Waals surface area contributed by atoms with Crippen LogP contribution >= 0.6 is 11.3 Å². The number of nitrogens with zero attached hydrogens (tertiary/aromatic N) is 1. The Labute approximate surface area is 119 Å². The molecule has 0 radical (unpaired) electrons. The summed E-state index contributed by atoms with van der Waals surface area (Å²) in [5, 5.41) is 1.21. The maximum atomic E-state index is 6.63. The van der Waals surface area contributed by atoms with Gasteiger partial charge >= 0.3 is 0 Å². The van der Waals surface area contributed by atoms with E-state index in [-0.39, 0.29) is 11.0 Å². The maximum absolute atomic E-state index is 6.63. The zero-order chi connectivity index (χ0) is 13.7. The Hall–Kier alpha value is -0.930. The number of aromatic nitrogens is 1. The molecule has 2 nitrogen and oxygen atoms in total. The minimum Gasteiger partial charge on any atom is -0.321 e. The molecule has 1 aliphatic carbocycles. The summed E-state index contributed by atoms with van der Waals surface area (Å²) in [4.78, 5) is 4.91. The molecule has 0 unspecified atom stereocenters. The van der Waals surface area contributed by atoms with Gasteiger partial charge in [0.05, 0.1) is 15.2 Å². The Kier molecular flexibility index (Phi) is 2.95. The Bertz CT molecular complexity index is 601. The molecular formula is C16H22N2S. The second kappa shape index (κ2) is 4.29. The average Bonchev–Trinajstić information content (AvgIpc) is 2.94. The van der Waals surface area contributed by atoms with Crippen LogP contribution in [0.1, 0.15) is 57.0 Å². The highest BCUT2D eigenvalue weighted by Crippen LogP contribution is 2.41. The molecule has 3 rings (SSSR count). The molecule has 1 aromatic carbocycles. The summed E-state index contributed by atoms with van der Waals surface area (Å²) < 4.78 is 1.28. The Morgan fingerprint density at radius 3 is 2.53 bits per heavy atom. The number of benzene rings is 1. The van der Waals surface area contributed by atoms with E-state index in [1.54, 1.807) is 0 Å². The normalized spacial score (nSPS) is 19.2. The number of rotatable bonds is 1. The topological polar surface area (TPSA) is 38.9 Å². The van der Waals surface area contributed by atoms with E-state index >= 15 is 0 Å². The molecule has 0 aliphatic heterocycles. The van der Waals surface area contributed by atoms with Crippen molar-refractivity contribution < 1.29 is 0 Å². The van der Waals surface area contributed by atoms with E-state index in [1.807, 2.05) is 11.3 Å². The third-order valence-electron chi connectivity index (χ3n) is 4.09. The van der Waals surface area contributed by atoms with E-state index in [4.69, 9.17) is 10.7 Å². The van der Waals surface area contributed by atoms with Gasteiger partial charge in [-0.3, -0.25) is 0 Å². The van der Waals surface area contributed by atoms with Gasteiger partial charge < -0.3 is 5.73 Å². The van der Waals surface area contributed by atoms with E-state index in [2.05, 4.69) is 39.0 Å². The second-order valence-corrected chi connectivity index (χ2v) is 7.82. The number of fused-ring (bicyclic) bond motifs is 1. The smallest absolute Gasteiger partial charge is 0.0992 e. The van der Waals surface area contributed by atoms with E-state index in [0.717, 1.165) is 18.4 Å². The Morgan fingerprint density at radius 2 is 1.89 bits per heavy atom. The molecule has 102 valence electrons. The molecule has 19 heavy (non-hydrogen) atoms. The summed E-state index contributed by atoms with van der Waals surface area (Å²) in [6.45, 7) is 6.66. The van der Waals surface area contributed by atoms with Crippen LogP contribution in [-0.2, 0) is 11.0 Å². The van der Waals surface area contributed by atoms with Crippen molar-refractivity contribution in [2.24, 2.45) is 5.73 Å². The first-order chi connectivity index (χ1) is 8.90. The maximum Gasteiger partial charge on any atom is 0.0992 e. The lowest BCUT2D eigenvalue weighted by atomic mass is 9.88. The van der Waals surface area contributed by atoms with Crippen molar-refractivity contribution in [3.8, 4) is 0 Å². The van der Waals surface area contributed by atoms with Crippen molar-refractivity contribution in [1.82, 2.24) is 4.98 Å². The third-order valence-corrected chi connectivity index (χ3v) is 5.54. The van der Waals surface area contributed by atoms with Gasteiger partial charge in [0.25, 0.3) is 0 Å². The van der Waals surface area contributed by atoms with Crippen molar-refractivity contribution >= 4 is 21.6 Å². The molecule has 0 spiro atoms. The predicted molar refractivity (Wildman–Crippen MR) is 82.7 cm³/mol. The van der Waals surface area contributed by atoms with Gasteiger partial charge in [-0.05, 0) is 24.5 Å². The molecule has 2 aromatic rings. The van der Waals surface area contributed by atoms with E-state index in [9.17, 15) is 0 Å². The highest BCUT2D eigenvalue weighted by molar-refractivity contribution is 7.18. The fourth-order valence-electron chi connectivity index (χ4n) is 2.95. The minimum absolute atomic E-state index is 0.110. The number of thiazole rings is 1. The van der Waals surface area contributed by atoms with Crippen LogP contribution in [0.3, 0.4) is 0 Å². The molecule has 1 fully saturated rings. The van der Waals surface area contributed by atoms with Gasteiger partial charge in [-0.1, -0.05) is 45.7 Å². The lowest BCUT2D eigenvalue weighted by Gasteiger charge is -2.24. The molecule has 0 saturated heterocycles. The monoisotopic (exact) mass is 274 g/mol. The molecule has 0 atom stereocenters. The lowest BCUT2D eigenvalue weighted by molar-refractivity contribution is 0.465. The van der Waals surface area contributed by atoms with Crippen molar-refractivity contribution in [2.75, 3.05) is 0 Å². The van der Waals surface area contributed by atoms with E-state index in [0.29, 0.717) is 0 Å². The van der Waals surface area contributed by atoms with Crippen molar-refractivity contribution in [2.45, 2.75) is 57.4 Å². The number of hydrogen-bond acceptors (Lipinski definition) is 3. The van der Waals surface area contributed by atoms with Gasteiger partial charge in [0, 0.05) is 11.0 Å². The first-order valence-corrected chi connectivity index (χ1v) is 7.91. The fraction of sp³-hybridized carbons (Fsp3) is 0.562. The van der Waals surface area contributed by atoms with Gasteiger partial charge in [-0.2, -0.15) is 0 Å². The average molecular weight is 274 g/mol. The highest BCUT2D eigenvalue weighted by Gasteiger charge is 2.33. The molecule has 1 aromatic heterocycles. The third kappa shape index (κ3) is 2.19. The number of para-hydroxylation sites is 1. The summed E-state index contributed by atoms with van der Waals surface area (Å²) in [6, 6.07) is 6.49. The first kappa shape index (κ1) is 13.1. The lowest BCUT2D eigenvalue weighted by Crippen LogP contribution is -2.33. The van der Waals surface area contributed by atoms with Crippen LogP contribution in [0.25, 0.3) is 10.2 Å². The van der Waals surface area contributed by atoms with Crippen LogP contribution in [-0.4, -0.2) is 4.98 Å². The largest absolute Gasteiger partial charge is 0.321 e. The molecule has 2 N–H and O–H groups in total. The summed E-state index contributed by atoms with van der Waals surface area (Å²) in [5.41, 5.74) is 8.99. The van der Waals surface area contributed by atoms with Crippen LogP contribution in [0.5, 0.6) is 0 Å². The van der Waals surface area contributed by atoms with Crippen LogP contribution < -0.4 is 5.73 Å². The molecule has 1 heterocycles. The predicted octanol–water partition coefficient (Wildman–Crippen LogP) is 4.32. The molecule has 0 amide bonds. The Balaban J connectivity index is 2.18. The number of hydrogen-bond donors (Lipinski definition) is 1. The van der Waals surface area contributed by atoms with E-state index in [1.165, 1.54) is 28.1 Å². The fourth-order valence-corrected chi connectivity index (χ4v) is 4.00. The van der Waals surface area contributed by atoms with Crippen molar-refractivity contribution in [3.05, 3.63) is 28.8 Å². The summed E-state index contributed by atoms with van der Waals surface area (Å²) >= 11 is 1.81. The van der Waals surface area contributed by atoms with E-state index < -0.39 is 0 Å². The molecule has 3 heteroatoms. The summed E-state index contributed by atoms with van der Waals surface area (Å²) in [5.74, 6) is 0. The zero-order valence-electron chi connectivity index (χ0n) is 12.0. The first-order valence-electron chi connectivity index (χ1n) is 7.10. The van der Waals surface area contributed by atoms with Gasteiger partial charge in [0.2, 0.25) is 0 Å². The van der Waals surface area contributed by atoms with Crippen molar-refractivity contribution in [3.63, 3.8) is 0 Å². The molecule has 0 bridgehead atoms. The molecule has 1 aliphatic rings. The summed E-state index contributed by atoms with van der Waals surface area (Å²) in [7, 11) is 0. The van der Waals surface area contributed by atoms with Crippen LogP contribution in [0.15, 0.2) is 18.2 Å². The second-order valence-electron chi connectivity index (χ2n) is 6.78. The number of nitrogens with two attached hydrogens (primary N) is 1. The molecule has 1 saturated carbocycles. The standard InChI is InChI=1S/C16H22N2S/c1-15(2,3)14-18-13-11(7-6-8-12(13)19-14)16(17)9-4-5-10-16/h6-8H,4-5,9-10,17H2,1-3H3. The Morgan fingerprint density at radius 1 is 1.21 bits per heavy atom. The SMILES string of the molecule is CC(C)(C)c1nc2c(C3(N)CCCC3)cccc2s1. The van der Waals surface area contributed by atoms with Crippen LogP contribution in [0, 0.1) is 0 Å². The zero-order valence-corrected chi connectivity index (χ0v) is 12.8. The van der Waals surface area contributed by atoms with Gasteiger partial charge in [0.15, 0.2) is 0 Å². The van der Waals surface area contributed by atoms with Gasteiger partial charge in [-0.15, -0.1) is 11.3 Å². The quantitative estimate of drug-likeness (QED) is 0.841. The van der Waals surface area contributed by atoms with Crippen molar-refractivity contribution in [1.29, 1.82) is 0 Å². The highest BCUT2D eigenvalue weighted by atomic mass is 32.1. The van der Waals surface area contributed by atoms with Gasteiger partial charge in [0.1, 0.15) is 0 Å². The molecular weight excluding hydrogens is 252 g/mol.